The lowest BCUT2D eigenvalue weighted by molar-refractivity contribution is 0.314. The van der Waals surface area contributed by atoms with Gasteiger partial charge < -0.3 is 10.2 Å². The number of hydrogen-bond donors (Lipinski definition) is 1. The van der Waals surface area contributed by atoms with Gasteiger partial charge in [-0.05, 0) is 11.6 Å². The van der Waals surface area contributed by atoms with E-state index in [4.69, 9.17) is 4.84 Å². The summed E-state index contributed by atoms with van der Waals surface area (Å²) in [5, 5.41) is 6.48. The van der Waals surface area contributed by atoms with Crippen molar-refractivity contribution in [1.82, 2.24) is 9.97 Å². The van der Waals surface area contributed by atoms with E-state index in [0.29, 0.717) is 5.56 Å². The molecule has 3 rings (SSSR count). The summed E-state index contributed by atoms with van der Waals surface area (Å²) in [5.74, 6) is -1.15. The van der Waals surface area contributed by atoms with E-state index in [1.54, 1.807) is 18.2 Å². The SMILES string of the molecule is Fc1ccccc1CNc1nc(O/N=C/c2ccccc2)ncc1F. The van der Waals surface area contributed by atoms with Gasteiger partial charge in [0.05, 0.1) is 12.4 Å². The average molecular weight is 340 g/mol. The molecule has 0 bridgehead atoms. The Balaban J connectivity index is 1.66. The summed E-state index contributed by atoms with van der Waals surface area (Å²) >= 11 is 0. The Morgan fingerprint density at radius 1 is 1.00 bits per heavy atom. The van der Waals surface area contributed by atoms with Gasteiger partial charge in [-0.3, -0.25) is 0 Å². The minimum atomic E-state index is -0.671. The second-order valence-electron chi connectivity index (χ2n) is 5.03. The van der Waals surface area contributed by atoms with Crippen LogP contribution in [0.15, 0.2) is 65.9 Å². The third-order valence-corrected chi connectivity index (χ3v) is 3.26. The number of nitrogens with zero attached hydrogens (tertiary/aromatic N) is 3. The van der Waals surface area contributed by atoms with Crippen LogP contribution < -0.4 is 10.2 Å². The average Bonchev–Trinajstić information content (AvgIpc) is 2.64. The van der Waals surface area contributed by atoms with Crippen molar-refractivity contribution in [1.29, 1.82) is 0 Å². The van der Waals surface area contributed by atoms with Gasteiger partial charge in [0, 0.05) is 12.1 Å². The van der Waals surface area contributed by atoms with E-state index in [2.05, 4.69) is 20.4 Å². The molecule has 0 atom stereocenters. The van der Waals surface area contributed by atoms with Gasteiger partial charge in [0.15, 0.2) is 11.6 Å². The van der Waals surface area contributed by atoms with Gasteiger partial charge in [0.2, 0.25) is 0 Å². The maximum atomic E-state index is 13.8. The molecule has 0 aliphatic rings. The maximum absolute atomic E-state index is 13.8. The third kappa shape index (κ3) is 4.57. The molecule has 0 saturated carbocycles. The topological polar surface area (TPSA) is 59.4 Å². The summed E-state index contributed by atoms with van der Waals surface area (Å²) in [5.41, 5.74) is 1.23. The van der Waals surface area contributed by atoms with Crippen molar-refractivity contribution >= 4 is 12.0 Å². The number of anilines is 1. The highest BCUT2D eigenvalue weighted by molar-refractivity contribution is 5.78. The molecule has 5 nitrogen and oxygen atoms in total. The molecule has 0 amide bonds. The predicted molar refractivity (Wildman–Crippen MR) is 90.4 cm³/mol. The fourth-order valence-corrected chi connectivity index (χ4v) is 2.01. The van der Waals surface area contributed by atoms with Crippen molar-refractivity contribution in [2.75, 3.05) is 5.32 Å². The summed E-state index contributed by atoms with van der Waals surface area (Å²) in [6.45, 7) is 0.0767. The van der Waals surface area contributed by atoms with Gasteiger partial charge in [-0.1, -0.05) is 53.7 Å². The lowest BCUT2D eigenvalue weighted by Gasteiger charge is -2.07. The summed E-state index contributed by atoms with van der Waals surface area (Å²) in [7, 11) is 0. The molecular formula is C18H14F2N4O. The molecule has 0 saturated heterocycles. The standard InChI is InChI=1S/C18H14F2N4O/c19-15-9-5-4-8-14(15)11-21-17-16(20)12-22-18(24-17)25-23-10-13-6-2-1-3-7-13/h1-10,12H,11H2,(H,21,22,24)/b23-10+. The van der Waals surface area contributed by atoms with Crippen LogP contribution in [-0.2, 0) is 6.54 Å². The molecule has 0 aliphatic heterocycles. The van der Waals surface area contributed by atoms with Gasteiger partial charge in [0.25, 0.3) is 0 Å². The van der Waals surface area contributed by atoms with Gasteiger partial charge in [0.1, 0.15) is 5.82 Å². The summed E-state index contributed by atoms with van der Waals surface area (Å²) in [4.78, 5) is 12.6. The van der Waals surface area contributed by atoms with Crippen LogP contribution >= 0.6 is 0 Å². The van der Waals surface area contributed by atoms with Crippen LogP contribution in [0.1, 0.15) is 11.1 Å². The van der Waals surface area contributed by atoms with Crippen molar-refractivity contribution in [3.63, 3.8) is 0 Å². The third-order valence-electron chi connectivity index (χ3n) is 3.26. The Hall–Kier alpha value is -3.35. The molecule has 0 unspecified atom stereocenters. The van der Waals surface area contributed by atoms with Crippen molar-refractivity contribution < 1.29 is 13.6 Å². The van der Waals surface area contributed by atoms with Crippen molar-refractivity contribution in [3.8, 4) is 6.01 Å². The number of halogens is 2. The first-order valence-electron chi connectivity index (χ1n) is 7.47. The fraction of sp³-hybridized carbons (Fsp3) is 0.0556. The Kier molecular flexibility index (Phi) is 5.26. The van der Waals surface area contributed by atoms with E-state index in [0.717, 1.165) is 11.8 Å². The van der Waals surface area contributed by atoms with E-state index in [-0.39, 0.29) is 24.2 Å². The maximum Gasteiger partial charge on any atom is 0.347 e. The van der Waals surface area contributed by atoms with Crippen LogP contribution in [0.3, 0.4) is 0 Å². The smallest absolute Gasteiger partial charge is 0.347 e. The van der Waals surface area contributed by atoms with Crippen LogP contribution in [-0.4, -0.2) is 16.2 Å². The van der Waals surface area contributed by atoms with Gasteiger partial charge in [-0.2, -0.15) is 9.97 Å². The number of oxime groups is 1. The van der Waals surface area contributed by atoms with E-state index >= 15 is 0 Å². The second-order valence-corrected chi connectivity index (χ2v) is 5.03. The first kappa shape index (κ1) is 16.5. The normalized spacial score (nSPS) is 10.8. The minimum absolute atomic E-state index is 0.0767. The molecule has 25 heavy (non-hydrogen) atoms. The lowest BCUT2D eigenvalue weighted by atomic mass is 10.2. The molecule has 1 aromatic heterocycles. The highest BCUT2D eigenvalue weighted by atomic mass is 19.1. The number of aromatic nitrogens is 2. The number of rotatable bonds is 6. The van der Waals surface area contributed by atoms with Crippen LogP contribution in [0.4, 0.5) is 14.6 Å². The lowest BCUT2D eigenvalue weighted by Crippen LogP contribution is -2.06. The van der Waals surface area contributed by atoms with E-state index in [9.17, 15) is 8.78 Å². The van der Waals surface area contributed by atoms with Crippen molar-refractivity contribution in [2.45, 2.75) is 6.54 Å². The molecular weight excluding hydrogens is 326 g/mol. The van der Waals surface area contributed by atoms with Gasteiger partial charge >= 0.3 is 6.01 Å². The quantitative estimate of drug-likeness (QED) is 0.548. The first-order valence-corrected chi connectivity index (χ1v) is 7.47. The number of benzene rings is 2. The highest BCUT2D eigenvalue weighted by Crippen LogP contribution is 2.15. The van der Waals surface area contributed by atoms with E-state index in [1.165, 1.54) is 12.3 Å². The summed E-state index contributed by atoms with van der Waals surface area (Å²) in [6, 6.07) is 15.4. The van der Waals surface area contributed by atoms with Crippen LogP contribution in [0.2, 0.25) is 0 Å². The van der Waals surface area contributed by atoms with Crippen molar-refractivity contribution in [2.24, 2.45) is 5.16 Å². The fourth-order valence-electron chi connectivity index (χ4n) is 2.01. The molecule has 0 spiro atoms. The van der Waals surface area contributed by atoms with Crippen LogP contribution in [0.5, 0.6) is 6.01 Å². The first-order chi connectivity index (χ1) is 12.2. The molecule has 126 valence electrons. The Morgan fingerprint density at radius 2 is 1.76 bits per heavy atom. The van der Waals surface area contributed by atoms with Gasteiger partial charge in [-0.15, -0.1) is 0 Å². The molecule has 2 aromatic carbocycles. The Morgan fingerprint density at radius 3 is 2.56 bits per heavy atom. The largest absolute Gasteiger partial charge is 0.363 e. The summed E-state index contributed by atoms with van der Waals surface area (Å²) < 4.78 is 27.4. The highest BCUT2D eigenvalue weighted by Gasteiger charge is 2.09. The van der Waals surface area contributed by atoms with E-state index in [1.807, 2.05) is 30.3 Å². The van der Waals surface area contributed by atoms with Crippen LogP contribution in [0, 0.1) is 11.6 Å². The minimum Gasteiger partial charge on any atom is -0.363 e. The molecule has 0 fully saturated rings. The molecule has 0 aliphatic carbocycles. The van der Waals surface area contributed by atoms with Gasteiger partial charge in [-0.25, -0.2) is 8.78 Å². The van der Waals surface area contributed by atoms with Crippen molar-refractivity contribution in [3.05, 3.63) is 83.6 Å². The van der Waals surface area contributed by atoms with Crippen LogP contribution in [0.25, 0.3) is 0 Å². The Labute approximate surface area is 143 Å². The molecule has 1 heterocycles. The monoisotopic (exact) mass is 340 g/mol. The summed E-state index contributed by atoms with van der Waals surface area (Å²) in [6.07, 6.45) is 2.45. The zero-order chi connectivity index (χ0) is 17.5. The predicted octanol–water partition coefficient (Wildman–Crippen LogP) is 3.78. The number of hydrogen-bond acceptors (Lipinski definition) is 5. The molecule has 0 radical (unpaired) electrons. The zero-order valence-corrected chi connectivity index (χ0v) is 13.1. The molecule has 3 aromatic rings. The number of nitrogens with one attached hydrogen (secondary N) is 1. The Bertz CT molecular complexity index is 872. The second kappa shape index (κ2) is 7.96. The molecule has 7 heteroatoms. The van der Waals surface area contributed by atoms with E-state index < -0.39 is 5.82 Å². The zero-order valence-electron chi connectivity index (χ0n) is 13.1. The molecule has 1 N–H and O–H groups in total.